The van der Waals surface area contributed by atoms with Crippen LogP contribution in [0.4, 0.5) is 10.9 Å². The third-order valence-electron chi connectivity index (χ3n) is 3.41. The predicted molar refractivity (Wildman–Crippen MR) is 95.5 cm³/mol. The maximum absolute atomic E-state index is 12.4. The van der Waals surface area contributed by atoms with E-state index in [9.17, 15) is 9.59 Å². The van der Waals surface area contributed by atoms with E-state index in [0.717, 1.165) is 16.6 Å². The van der Waals surface area contributed by atoms with Gasteiger partial charge in [0, 0.05) is 18.7 Å². The van der Waals surface area contributed by atoms with Crippen LogP contribution in [0.1, 0.15) is 29.8 Å². The molecule has 0 unspecified atom stereocenters. The summed E-state index contributed by atoms with van der Waals surface area (Å²) >= 11 is 1.44. The smallest absolute Gasteiger partial charge is 0.257 e. The van der Waals surface area contributed by atoms with Crippen LogP contribution in [0.5, 0.6) is 0 Å². The minimum atomic E-state index is -0.293. The van der Waals surface area contributed by atoms with Crippen LogP contribution in [-0.2, 0) is 11.2 Å². The Morgan fingerprint density at radius 1 is 1.17 bits per heavy atom. The summed E-state index contributed by atoms with van der Waals surface area (Å²) in [7, 11) is 0. The molecule has 0 saturated carbocycles. The Morgan fingerprint density at radius 2 is 2.00 bits per heavy atom. The number of aryl methyl sites for hydroxylation is 1. The number of hydrogen-bond donors (Lipinski definition) is 2. The quantitative estimate of drug-likeness (QED) is 0.762. The van der Waals surface area contributed by atoms with Gasteiger partial charge in [-0.05, 0) is 36.2 Å². The lowest BCUT2D eigenvalue weighted by atomic mass is 10.2. The van der Waals surface area contributed by atoms with E-state index >= 15 is 0 Å². The van der Waals surface area contributed by atoms with Gasteiger partial charge in [0.15, 0.2) is 5.13 Å². The number of pyridine rings is 1. The minimum Gasteiger partial charge on any atom is -0.311 e. The topological polar surface area (TPSA) is 84.0 Å². The number of carbonyl (C=O) groups excluding carboxylic acids is 2. The number of rotatable bonds is 4. The molecule has 24 heavy (non-hydrogen) atoms. The number of aromatic nitrogens is 2. The molecule has 0 fully saturated rings. The van der Waals surface area contributed by atoms with E-state index in [0.29, 0.717) is 16.5 Å². The van der Waals surface area contributed by atoms with Gasteiger partial charge in [0.25, 0.3) is 5.91 Å². The summed E-state index contributed by atoms with van der Waals surface area (Å²) in [5.41, 5.74) is 2.50. The fraction of sp³-hybridized carbons (Fsp3) is 0.176. The molecular formula is C17H16N4O2S. The van der Waals surface area contributed by atoms with Crippen molar-refractivity contribution in [2.75, 3.05) is 10.6 Å². The van der Waals surface area contributed by atoms with Crippen molar-refractivity contribution < 1.29 is 9.59 Å². The Balaban J connectivity index is 1.80. The molecule has 6 nitrogen and oxygen atoms in total. The monoisotopic (exact) mass is 340 g/mol. The van der Waals surface area contributed by atoms with Gasteiger partial charge in [-0.3, -0.25) is 14.9 Å². The van der Waals surface area contributed by atoms with Gasteiger partial charge in [0.2, 0.25) is 5.91 Å². The number of fused-ring (bicyclic) bond motifs is 1. The molecule has 0 bridgehead atoms. The van der Waals surface area contributed by atoms with Gasteiger partial charge in [0.05, 0.1) is 10.2 Å². The Bertz CT molecular complexity index is 920. The fourth-order valence-corrected chi connectivity index (χ4v) is 3.16. The first-order valence-corrected chi connectivity index (χ1v) is 8.31. The van der Waals surface area contributed by atoms with E-state index in [1.807, 2.05) is 12.1 Å². The summed E-state index contributed by atoms with van der Waals surface area (Å²) < 4.78 is 1.04. The van der Waals surface area contributed by atoms with Crippen molar-refractivity contribution >= 4 is 44.3 Å². The summed E-state index contributed by atoms with van der Waals surface area (Å²) in [6, 6.07) is 9.20. The average molecular weight is 340 g/mol. The van der Waals surface area contributed by atoms with Crippen molar-refractivity contribution in [3.05, 3.63) is 47.7 Å². The normalized spacial score (nSPS) is 10.6. The molecule has 7 heteroatoms. The third kappa shape index (κ3) is 3.57. The second-order valence-corrected chi connectivity index (χ2v) is 6.27. The zero-order valence-corrected chi connectivity index (χ0v) is 14.1. The van der Waals surface area contributed by atoms with Crippen LogP contribution in [0.25, 0.3) is 10.2 Å². The van der Waals surface area contributed by atoms with Gasteiger partial charge in [-0.1, -0.05) is 24.3 Å². The average Bonchev–Trinajstić information content (AvgIpc) is 2.95. The Hall–Kier alpha value is -2.80. The van der Waals surface area contributed by atoms with Crippen LogP contribution >= 0.6 is 11.3 Å². The number of benzene rings is 1. The highest BCUT2D eigenvalue weighted by Crippen LogP contribution is 2.27. The first kappa shape index (κ1) is 16.1. The largest absolute Gasteiger partial charge is 0.311 e. The van der Waals surface area contributed by atoms with E-state index in [4.69, 9.17) is 0 Å². The Labute approximate surface area is 142 Å². The van der Waals surface area contributed by atoms with E-state index < -0.39 is 0 Å². The molecule has 2 amide bonds. The Kier molecular flexibility index (Phi) is 4.52. The molecule has 0 aliphatic heterocycles. The molecule has 1 aromatic carbocycles. The van der Waals surface area contributed by atoms with Gasteiger partial charge in [-0.2, -0.15) is 0 Å². The molecule has 0 atom stereocenters. The predicted octanol–water partition coefficient (Wildman–Crippen LogP) is 3.46. The summed E-state index contributed by atoms with van der Waals surface area (Å²) in [6.45, 7) is 3.49. The maximum atomic E-state index is 12.4. The molecule has 0 saturated heterocycles. The molecule has 0 spiro atoms. The van der Waals surface area contributed by atoms with Crippen LogP contribution in [0, 0.1) is 0 Å². The molecule has 0 aliphatic rings. The lowest BCUT2D eigenvalue weighted by molar-refractivity contribution is -0.114. The SMILES string of the molecule is CCc1ccc2nc(NC(=O)c3ccnc(NC(C)=O)c3)sc2c1. The van der Waals surface area contributed by atoms with Crippen LogP contribution < -0.4 is 10.6 Å². The molecule has 3 rings (SSSR count). The second-order valence-electron chi connectivity index (χ2n) is 5.24. The number of carbonyl (C=O) groups is 2. The number of anilines is 2. The van der Waals surface area contributed by atoms with E-state index in [-0.39, 0.29) is 11.8 Å². The zero-order chi connectivity index (χ0) is 17.1. The number of nitrogens with one attached hydrogen (secondary N) is 2. The lowest BCUT2D eigenvalue weighted by Crippen LogP contribution is -2.13. The summed E-state index contributed by atoms with van der Waals surface area (Å²) in [6.07, 6.45) is 2.44. The molecule has 0 radical (unpaired) electrons. The van der Waals surface area contributed by atoms with Crippen molar-refractivity contribution in [1.82, 2.24) is 9.97 Å². The molecular weight excluding hydrogens is 324 g/mol. The third-order valence-corrected chi connectivity index (χ3v) is 4.34. The summed E-state index contributed by atoms with van der Waals surface area (Å²) in [4.78, 5) is 31.9. The molecule has 2 aromatic heterocycles. The van der Waals surface area contributed by atoms with E-state index in [2.05, 4.69) is 33.6 Å². The van der Waals surface area contributed by atoms with Crippen molar-refractivity contribution in [2.45, 2.75) is 20.3 Å². The van der Waals surface area contributed by atoms with Crippen LogP contribution in [0.2, 0.25) is 0 Å². The first-order chi connectivity index (χ1) is 11.5. The van der Waals surface area contributed by atoms with Gasteiger partial charge >= 0.3 is 0 Å². The lowest BCUT2D eigenvalue weighted by Gasteiger charge is -2.04. The van der Waals surface area contributed by atoms with Crippen molar-refractivity contribution in [3.8, 4) is 0 Å². The van der Waals surface area contributed by atoms with Crippen LogP contribution in [-0.4, -0.2) is 21.8 Å². The number of hydrogen-bond acceptors (Lipinski definition) is 5. The van der Waals surface area contributed by atoms with Crippen molar-refractivity contribution in [1.29, 1.82) is 0 Å². The standard InChI is InChI=1S/C17H16N4O2S/c1-3-11-4-5-13-14(8-11)24-17(20-13)21-16(23)12-6-7-18-15(9-12)19-10(2)22/h4-9H,3H2,1-2H3,(H,18,19,22)(H,20,21,23). The van der Waals surface area contributed by atoms with Crippen molar-refractivity contribution in [3.63, 3.8) is 0 Å². The zero-order valence-electron chi connectivity index (χ0n) is 13.3. The highest BCUT2D eigenvalue weighted by atomic mass is 32.1. The molecule has 3 aromatic rings. The van der Waals surface area contributed by atoms with E-state index in [1.165, 1.54) is 36.1 Å². The Morgan fingerprint density at radius 3 is 2.75 bits per heavy atom. The summed E-state index contributed by atoms with van der Waals surface area (Å²) in [5.74, 6) is -0.191. The number of nitrogens with zero attached hydrogens (tertiary/aromatic N) is 2. The van der Waals surface area contributed by atoms with Gasteiger partial charge in [-0.25, -0.2) is 9.97 Å². The summed E-state index contributed by atoms with van der Waals surface area (Å²) in [5, 5.41) is 5.89. The second kappa shape index (κ2) is 6.76. The highest BCUT2D eigenvalue weighted by molar-refractivity contribution is 7.22. The maximum Gasteiger partial charge on any atom is 0.257 e. The first-order valence-electron chi connectivity index (χ1n) is 7.49. The fourth-order valence-electron chi connectivity index (χ4n) is 2.23. The number of thiazole rings is 1. The molecule has 2 heterocycles. The van der Waals surface area contributed by atoms with Gasteiger partial charge < -0.3 is 5.32 Å². The molecule has 122 valence electrons. The van der Waals surface area contributed by atoms with Gasteiger partial charge in [-0.15, -0.1) is 0 Å². The van der Waals surface area contributed by atoms with Crippen LogP contribution in [0.3, 0.4) is 0 Å². The molecule has 2 N–H and O–H groups in total. The number of amides is 2. The highest BCUT2D eigenvalue weighted by Gasteiger charge is 2.11. The van der Waals surface area contributed by atoms with Crippen LogP contribution in [0.15, 0.2) is 36.5 Å². The molecule has 0 aliphatic carbocycles. The van der Waals surface area contributed by atoms with E-state index in [1.54, 1.807) is 6.07 Å². The van der Waals surface area contributed by atoms with Gasteiger partial charge in [0.1, 0.15) is 5.82 Å². The minimum absolute atomic E-state index is 0.238. The van der Waals surface area contributed by atoms with Crippen molar-refractivity contribution in [2.24, 2.45) is 0 Å².